The number of sulfone groups is 1. The molecule has 2 heterocycles. The van der Waals surface area contributed by atoms with Crippen molar-refractivity contribution in [1.29, 1.82) is 0 Å². The number of hydrogen-bond donors (Lipinski definition) is 1. The van der Waals surface area contributed by atoms with E-state index in [0.29, 0.717) is 11.1 Å². The Morgan fingerprint density at radius 1 is 1.05 bits per heavy atom. The number of benzene rings is 2. The second kappa shape index (κ2) is 10.2. The summed E-state index contributed by atoms with van der Waals surface area (Å²) in [7, 11) is -1.92. The quantitative estimate of drug-likeness (QED) is 0.364. The number of amides is 1. The number of hydrogen-bond acceptors (Lipinski definition) is 6. The van der Waals surface area contributed by atoms with Crippen LogP contribution in [-0.4, -0.2) is 41.7 Å². The van der Waals surface area contributed by atoms with Gasteiger partial charge in [-0.15, -0.1) is 0 Å². The first kappa shape index (κ1) is 26.1. The molecule has 0 unspecified atom stereocenters. The van der Waals surface area contributed by atoms with Crippen molar-refractivity contribution < 1.29 is 31.1 Å². The molecule has 0 spiro atoms. The summed E-state index contributed by atoms with van der Waals surface area (Å²) in [5.41, 5.74) is 1.58. The lowest BCUT2D eigenvalue weighted by Crippen LogP contribution is -2.22. The molecule has 0 fully saturated rings. The molecule has 0 bridgehead atoms. The summed E-state index contributed by atoms with van der Waals surface area (Å²) in [6.45, 7) is 1.53. The molecule has 4 rings (SSSR count). The fourth-order valence-electron chi connectivity index (χ4n) is 3.76. The van der Waals surface area contributed by atoms with E-state index in [9.17, 15) is 26.4 Å². The van der Waals surface area contributed by atoms with E-state index in [0.717, 1.165) is 4.57 Å². The molecule has 8 nitrogen and oxygen atoms in total. The van der Waals surface area contributed by atoms with Gasteiger partial charge in [-0.05, 0) is 47.5 Å². The average molecular weight is 533 g/mol. The molecule has 2 aromatic carbocycles. The third-order valence-corrected chi connectivity index (χ3v) is 7.48. The first-order valence-electron chi connectivity index (χ1n) is 11.2. The Labute approximate surface area is 211 Å². The van der Waals surface area contributed by atoms with Crippen LogP contribution in [0.1, 0.15) is 34.2 Å². The maximum Gasteiger partial charge on any atom is 0.449 e. The predicted molar refractivity (Wildman–Crippen MR) is 130 cm³/mol. The van der Waals surface area contributed by atoms with E-state index in [1.165, 1.54) is 49.7 Å². The van der Waals surface area contributed by atoms with Crippen LogP contribution < -0.4 is 10.1 Å². The Bertz CT molecular complexity index is 1550. The number of fused-ring (bicyclic) bond motifs is 1. The summed E-state index contributed by atoms with van der Waals surface area (Å²) in [5.74, 6) is -1.34. The third kappa shape index (κ3) is 5.74. The summed E-state index contributed by atoms with van der Waals surface area (Å²) in [6, 6.07) is 13.4. The molecule has 194 valence electrons. The zero-order valence-electron chi connectivity index (χ0n) is 19.9. The molecule has 0 aliphatic heterocycles. The van der Waals surface area contributed by atoms with E-state index in [4.69, 9.17) is 4.74 Å². The molecule has 4 aromatic rings. The Hall–Kier alpha value is -3.93. The highest BCUT2D eigenvalue weighted by atomic mass is 32.2. The van der Waals surface area contributed by atoms with Gasteiger partial charge in [-0.1, -0.05) is 19.1 Å². The number of carbonyl (C=O) groups excluding carboxylic acids is 1. The van der Waals surface area contributed by atoms with E-state index in [2.05, 4.69) is 15.3 Å². The second-order valence-electron chi connectivity index (χ2n) is 8.16. The molecule has 37 heavy (non-hydrogen) atoms. The van der Waals surface area contributed by atoms with Crippen molar-refractivity contribution in [3.8, 4) is 5.88 Å². The van der Waals surface area contributed by atoms with Crippen molar-refractivity contribution in [1.82, 2.24) is 19.9 Å². The SMILES string of the molecule is CCS(=O)(=O)c1ccc(CNC(=O)c2ccc3c(c2)nc(C(F)(F)F)n3Cc2ccnc(OC)c2)cc1. The summed E-state index contributed by atoms with van der Waals surface area (Å²) in [6.07, 6.45) is -3.27. The van der Waals surface area contributed by atoms with Crippen molar-refractivity contribution >= 4 is 26.8 Å². The largest absolute Gasteiger partial charge is 0.481 e. The zero-order chi connectivity index (χ0) is 26.8. The summed E-state index contributed by atoms with van der Waals surface area (Å²) in [4.78, 5) is 20.6. The molecular weight excluding hydrogens is 509 g/mol. The highest BCUT2D eigenvalue weighted by molar-refractivity contribution is 7.91. The zero-order valence-corrected chi connectivity index (χ0v) is 20.7. The molecule has 0 atom stereocenters. The Morgan fingerprint density at radius 2 is 1.78 bits per heavy atom. The number of imidazole rings is 1. The molecule has 0 aliphatic carbocycles. The number of methoxy groups -OCH3 is 1. The van der Waals surface area contributed by atoms with E-state index in [-0.39, 0.29) is 46.2 Å². The normalized spacial score (nSPS) is 12.0. The molecule has 1 amide bonds. The Morgan fingerprint density at radius 3 is 2.43 bits per heavy atom. The fraction of sp³-hybridized carbons (Fsp3) is 0.240. The van der Waals surface area contributed by atoms with E-state index in [1.54, 1.807) is 25.1 Å². The molecule has 0 radical (unpaired) electrons. The first-order valence-corrected chi connectivity index (χ1v) is 12.8. The number of aromatic nitrogens is 3. The van der Waals surface area contributed by atoms with E-state index < -0.39 is 27.7 Å². The van der Waals surface area contributed by atoms with Crippen LogP contribution >= 0.6 is 0 Å². The minimum atomic E-state index is -4.71. The minimum absolute atomic E-state index is 0.0197. The first-order chi connectivity index (χ1) is 17.5. The highest BCUT2D eigenvalue weighted by Crippen LogP contribution is 2.32. The van der Waals surface area contributed by atoms with Crippen LogP contribution in [0.5, 0.6) is 5.88 Å². The van der Waals surface area contributed by atoms with Crippen molar-refractivity contribution in [2.75, 3.05) is 12.9 Å². The second-order valence-corrected chi connectivity index (χ2v) is 10.4. The van der Waals surface area contributed by atoms with E-state index >= 15 is 0 Å². The van der Waals surface area contributed by atoms with Gasteiger partial charge in [0.15, 0.2) is 9.84 Å². The number of nitrogens with zero attached hydrogens (tertiary/aromatic N) is 3. The molecule has 12 heteroatoms. The van der Waals surface area contributed by atoms with Gasteiger partial charge >= 0.3 is 6.18 Å². The van der Waals surface area contributed by atoms with Crippen LogP contribution in [0.25, 0.3) is 11.0 Å². The van der Waals surface area contributed by atoms with Crippen LogP contribution in [0.4, 0.5) is 13.2 Å². The van der Waals surface area contributed by atoms with Gasteiger partial charge < -0.3 is 14.6 Å². The number of halogens is 3. The van der Waals surface area contributed by atoms with Crippen molar-refractivity contribution in [3.63, 3.8) is 0 Å². The highest BCUT2D eigenvalue weighted by Gasteiger charge is 2.37. The molecule has 1 N–H and O–H groups in total. The number of nitrogens with one attached hydrogen (secondary N) is 1. The lowest BCUT2D eigenvalue weighted by atomic mass is 10.1. The van der Waals surface area contributed by atoms with Gasteiger partial charge in [0, 0.05) is 30.9 Å². The summed E-state index contributed by atoms with van der Waals surface area (Å²) < 4.78 is 71.3. The standard InChI is InChI=1S/C25H23F3N4O4S/c1-3-37(34,35)19-7-4-16(5-8-19)14-30-23(33)18-6-9-21-20(13-18)31-24(25(26,27)28)32(21)15-17-10-11-29-22(12-17)36-2/h4-13H,3,14-15H2,1-2H3,(H,30,33). The monoisotopic (exact) mass is 532 g/mol. The van der Waals surface area contributed by atoms with Crippen LogP contribution in [0.3, 0.4) is 0 Å². The minimum Gasteiger partial charge on any atom is -0.481 e. The molecule has 0 aliphatic rings. The lowest BCUT2D eigenvalue weighted by Gasteiger charge is -2.12. The van der Waals surface area contributed by atoms with Gasteiger partial charge in [0.2, 0.25) is 11.7 Å². The molecule has 2 aromatic heterocycles. The summed E-state index contributed by atoms with van der Waals surface area (Å²) in [5, 5.41) is 2.69. The molecule has 0 saturated heterocycles. The van der Waals surface area contributed by atoms with Gasteiger partial charge in [0.25, 0.3) is 5.91 Å². The number of carbonyl (C=O) groups is 1. The van der Waals surface area contributed by atoms with Gasteiger partial charge in [-0.25, -0.2) is 18.4 Å². The maximum absolute atomic E-state index is 13.8. The smallest absolute Gasteiger partial charge is 0.449 e. The van der Waals surface area contributed by atoms with Crippen LogP contribution in [0.2, 0.25) is 0 Å². The number of pyridine rings is 1. The van der Waals surface area contributed by atoms with E-state index in [1.807, 2.05) is 0 Å². The average Bonchev–Trinajstić information content (AvgIpc) is 3.25. The lowest BCUT2D eigenvalue weighted by molar-refractivity contribution is -0.146. The third-order valence-electron chi connectivity index (χ3n) is 5.73. The maximum atomic E-state index is 13.8. The molecule has 0 saturated carbocycles. The van der Waals surface area contributed by atoms with Crippen LogP contribution in [0, 0.1) is 0 Å². The summed E-state index contributed by atoms with van der Waals surface area (Å²) >= 11 is 0. The number of rotatable bonds is 8. The van der Waals surface area contributed by atoms with Crippen molar-refractivity contribution in [3.05, 3.63) is 83.3 Å². The fourth-order valence-corrected chi connectivity index (χ4v) is 4.64. The van der Waals surface area contributed by atoms with Gasteiger partial charge in [0.1, 0.15) is 0 Å². The Balaban J connectivity index is 1.57. The van der Waals surface area contributed by atoms with Crippen LogP contribution in [0.15, 0.2) is 65.7 Å². The predicted octanol–water partition coefficient (Wildman–Crippen LogP) is 4.23. The topological polar surface area (TPSA) is 103 Å². The van der Waals surface area contributed by atoms with Crippen molar-refractivity contribution in [2.24, 2.45) is 0 Å². The van der Waals surface area contributed by atoms with Gasteiger partial charge in [0.05, 0.1) is 28.8 Å². The van der Waals surface area contributed by atoms with Gasteiger partial charge in [-0.2, -0.15) is 13.2 Å². The van der Waals surface area contributed by atoms with Crippen molar-refractivity contribution in [2.45, 2.75) is 31.1 Å². The molecular formula is C25H23F3N4O4S. The van der Waals surface area contributed by atoms with Crippen LogP contribution in [-0.2, 0) is 29.1 Å². The number of ether oxygens (including phenoxy) is 1. The number of alkyl halides is 3. The Kier molecular flexibility index (Phi) is 7.21. The van der Waals surface area contributed by atoms with Gasteiger partial charge in [-0.3, -0.25) is 4.79 Å².